The maximum Gasteiger partial charge on any atom is 0.186 e. The average Bonchev–Trinajstić information content (AvgIpc) is 2.76. The molecule has 2 rings (SSSR count). The number of aromatic amines is 1. The van der Waals surface area contributed by atoms with Crippen LogP contribution < -0.4 is 0 Å². The van der Waals surface area contributed by atoms with E-state index in [1.165, 1.54) is 11.8 Å². The van der Waals surface area contributed by atoms with Crippen LogP contribution in [0.3, 0.4) is 0 Å². The maximum absolute atomic E-state index is 10.8. The Labute approximate surface area is 109 Å². The Morgan fingerprint density at radius 3 is 3.00 bits per heavy atom. The second-order valence-electron chi connectivity index (χ2n) is 3.87. The smallest absolute Gasteiger partial charge is 0.186 e. The van der Waals surface area contributed by atoms with E-state index in [0.717, 1.165) is 22.8 Å². The summed E-state index contributed by atoms with van der Waals surface area (Å²) in [5.41, 5.74) is 2.66. The highest BCUT2D eigenvalue weighted by Gasteiger charge is 2.01. The summed E-state index contributed by atoms with van der Waals surface area (Å²) in [6, 6.07) is 5.86. The van der Waals surface area contributed by atoms with Crippen molar-refractivity contribution in [3.63, 3.8) is 0 Å². The van der Waals surface area contributed by atoms with Gasteiger partial charge in [0.15, 0.2) is 11.4 Å². The van der Waals surface area contributed by atoms with E-state index in [1.54, 1.807) is 13.1 Å². The largest absolute Gasteiger partial charge is 0.360 e. The van der Waals surface area contributed by atoms with Gasteiger partial charge < -0.3 is 4.98 Å². The molecule has 0 saturated heterocycles. The molecule has 1 aromatic carbocycles. The molecule has 0 saturated carbocycles. The summed E-state index contributed by atoms with van der Waals surface area (Å²) in [6.45, 7) is 1.56. The Hall–Kier alpha value is -1.81. The second kappa shape index (κ2) is 5.69. The van der Waals surface area contributed by atoms with Crippen LogP contribution in [0.15, 0.2) is 30.5 Å². The van der Waals surface area contributed by atoms with Gasteiger partial charge in [0.1, 0.15) is 0 Å². The number of aldehydes is 1. The Bertz CT molecular complexity index is 613. The molecule has 0 amide bonds. The summed E-state index contributed by atoms with van der Waals surface area (Å²) in [5.74, 6) is 0.678. The van der Waals surface area contributed by atoms with Gasteiger partial charge in [-0.3, -0.25) is 9.59 Å². The van der Waals surface area contributed by atoms with Gasteiger partial charge in [-0.2, -0.15) is 0 Å². The van der Waals surface area contributed by atoms with Crippen molar-refractivity contribution in [1.82, 2.24) is 4.98 Å². The third-order valence-corrected chi connectivity index (χ3v) is 3.32. The first kappa shape index (κ1) is 12.6. The summed E-state index contributed by atoms with van der Waals surface area (Å²) in [5, 5.41) is 1.05. The Balaban J connectivity index is 2.15. The van der Waals surface area contributed by atoms with E-state index in [-0.39, 0.29) is 5.12 Å². The minimum Gasteiger partial charge on any atom is -0.360 e. The molecule has 0 spiro atoms. The summed E-state index contributed by atoms with van der Waals surface area (Å²) < 4.78 is 0. The molecule has 0 atom stereocenters. The molecule has 0 bridgehead atoms. The van der Waals surface area contributed by atoms with Crippen LogP contribution in [0.25, 0.3) is 17.0 Å². The molecule has 18 heavy (non-hydrogen) atoms. The number of carbonyl (C=O) groups excluding carboxylic acids is 2. The molecule has 0 aliphatic carbocycles. The van der Waals surface area contributed by atoms with Gasteiger partial charge in [-0.15, -0.1) is 0 Å². The van der Waals surface area contributed by atoms with Crippen molar-refractivity contribution >= 4 is 40.1 Å². The number of nitrogens with one attached hydrogen (secondary N) is 1. The first-order valence-corrected chi connectivity index (χ1v) is 6.55. The predicted molar refractivity (Wildman–Crippen MR) is 75.9 cm³/mol. The molecule has 1 aromatic heterocycles. The second-order valence-corrected chi connectivity index (χ2v) is 5.07. The molecule has 0 fully saturated rings. The molecule has 4 heteroatoms. The Morgan fingerprint density at radius 2 is 2.28 bits per heavy atom. The standard InChI is InChI=1S/C14H13NO2S/c1-10(17)18-6-2-3-11-4-5-13-12(9-16)8-15-14(13)7-11/h2-5,7-9,15H,6H2,1H3. The molecular weight excluding hydrogens is 246 g/mol. The van der Waals surface area contributed by atoms with Gasteiger partial charge in [0.2, 0.25) is 0 Å². The summed E-state index contributed by atoms with van der Waals surface area (Å²) in [7, 11) is 0. The van der Waals surface area contributed by atoms with Crippen molar-refractivity contribution in [2.45, 2.75) is 6.92 Å². The highest BCUT2D eigenvalue weighted by Crippen LogP contribution is 2.19. The fourth-order valence-corrected chi connectivity index (χ4v) is 2.14. The molecule has 0 radical (unpaired) electrons. The minimum atomic E-state index is 0.120. The lowest BCUT2D eigenvalue weighted by Crippen LogP contribution is -1.81. The van der Waals surface area contributed by atoms with Crippen molar-refractivity contribution in [3.05, 3.63) is 41.6 Å². The monoisotopic (exact) mass is 259 g/mol. The number of carbonyl (C=O) groups is 2. The highest BCUT2D eigenvalue weighted by atomic mass is 32.2. The predicted octanol–water partition coefficient (Wildman–Crippen LogP) is 3.27. The lowest BCUT2D eigenvalue weighted by atomic mass is 10.1. The number of benzene rings is 1. The van der Waals surface area contributed by atoms with E-state index in [1.807, 2.05) is 30.4 Å². The first-order chi connectivity index (χ1) is 8.70. The third kappa shape index (κ3) is 2.90. The van der Waals surface area contributed by atoms with Gasteiger partial charge in [0.05, 0.1) is 0 Å². The summed E-state index contributed by atoms with van der Waals surface area (Å²) in [6.07, 6.45) is 6.47. The number of H-pyrrole nitrogens is 1. The number of fused-ring (bicyclic) bond motifs is 1. The number of rotatable bonds is 4. The molecule has 3 nitrogen and oxygen atoms in total. The quantitative estimate of drug-likeness (QED) is 0.857. The molecular formula is C14H13NO2S. The number of aromatic nitrogens is 1. The average molecular weight is 259 g/mol. The van der Waals surface area contributed by atoms with E-state index < -0.39 is 0 Å². The van der Waals surface area contributed by atoms with Crippen molar-refractivity contribution in [2.24, 2.45) is 0 Å². The fourth-order valence-electron chi connectivity index (χ4n) is 1.72. The van der Waals surface area contributed by atoms with Crippen LogP contribution in [0.5, 0.6) is 0 Å². The summed E-state index contributed by atoms with van der Waals surface area (Å²) in [4.78, 5) is 24.6. The van der Waals surface area contributed by atoms with Crippen molar-refractivity contribution in [1.29, 1.82) is 0 Å². The van der Waals surface area contributed by atoms with E-state index in [9.17, 15) is 9.59 Å². The van der Waals surface area contributed by atoms with Gasteiger partial charge in [0.25, 0.3) is 0 Å². The van der Waals surface area contributed by atoms with Crippen LogP contribution in [-0.4, -0.2) is 22.1 Å². The van der Waals surface area contributed by atoms with Gasteiger partial charge >= 0.3 is 0 Å². The zero-order valence-electron chi connectivity index (χ0n) is 9.97. The van der Waals surface area contributed by atoms with Crippen molar-refractivity contribution < 1.29 is 9.59 Å². The van der Waals surface area contributed by atoms with Gasteiger partial charge in [-0.25, -0.2) is 0 Å². The van der Waals surface area contributed by atoms with Gasteiger partial charge in [-0.1, -0.05) is 36.0 Å². The van der Waals surface area contributed by atoms with Crippen LogP contribution in [0.2, 0.25) is 0 Å². The van der Waals surface area contributed by atoms with E-state index in [4.69, 9.17) is 0 Å². The van der Waals surface area contributed by atoms with E-state index in [2.05, 4.69) is 4.98 Å². The normalized spacial score (nSPS) is 11.2. The van der Waals surface area contributed by atoms with Crippen LogP contribution >= 0.6 is 11.8 Å². The maximum atomic E-state index is 10.8. The van der Waals surface area contributed by atoms with Crippen molar-refractivity contribution in [2.75, 3.05) is 5.75 Å². The van der Waals surface area contributed by atoms with Crippen LogP contribution in [0, 0.1) is 0 Å². The third-order valence-electron chi connectivity index (χ3n) is 2.56. The SMILES string of the molecule is CC(=O)SCC=Cc1ccc2c(C=O)c[nH]c2c1. The molecule has 0 aliphatic heterocycles. The topological polar surface area (TPSA) is 49.9 Å². The fraction of sp³-hybridized carbons (Fsp3) is 0.143. The Morgan fingerprint density at radius 1 is 1.44 bits per heavy atom. The summed E-state index contributed by atoms with van der Waals surface area (Å²) >= 11 is 1.28. The highest BCUT2D eigenvalue weighted by molar-refractivity contribution is 8.13. The zero-order valence-corrected chi connectivity index (χ0v) is 10.8. The number of hydrogen-bond acceptors (Lipinski definition) is 3. The van der Waals surface area contributed by atoms with Crippen LogP contribution in [-0.2, 0) is 4.79 Å². The molecule has 2 aromatic rings. The first-order valence-electron chi connectivity index (χ1n) is 5.57. The molecule has 1 N–H and O–H groups in total. The molecule has 92 valence electrons. The zero-order chi connectivity index (χ0) is 13.0. The molecule has 0 aliphatic rings. The van der Waals surface area contributed by atoms with Gasteiger partial charge in [0, 0.05) is 35.3 Å². The molecule has 1 heterocycles. The van der Waals surface area contributed by atoms with Crippen molar-refractivity contribution in [3.8, 4) is 0 Å². The van der Waals surface area contributed by atoms with Crippen LogP contribution in [0.1, 0.15) is 22.8 Å². The minimum absolute atomic E-state index is 0.120. The lowest BCUT2D eigenvalue weighted by Gasteiger charge is -1.95. The Kier molecular flexibility index (Phi) is 3.99. The van der Waals surface area contributed by atoms with E-state index >= 15 is 0 Å². The van der Waals surface area contributed by atoms with Crippen LogP contribution in [0.4, 0.5) is 0 Å². The van der Waals surface area contributed by atoms with Gasteiger partial charge in [-0.05, 0) is 11.6 Å². The number of thioether (sulfide) groups is 1. The number of hydrogen-bond donors (Lipinski definition) is 1. The lowest BCUT2D eigenvalue weighted by molar-refractivity contribution is -0.109. The molecule has 0 unspecified atom stereocenters. The van der Waals surface area contributed by atoms with E-state index in [0.29, 0.717) is 11.3 Å².